The number of fused-ring (bicyclic) bond motifs is 3. The molecule has 0 spiro atoms. The molecule has 3 saturated heterocycles. The maximum Gasteiger partial charge on any atom is 0.255 e. The van der Waals surface area contributed by atoms with Crippen molar-refractivity contribution in [1.82, 2.24) is 20.4 Å². The first-order valence-electron chi connectivity index (χ1n) is 10.3. The zero-order valence-electron chi connectivity index (χ0n) is 15.9. The first-order chi connectivity index (χ1) is 13.6. The lowest BCUT2D eigenvalue weighted by molar-refractivity contribution is -0.136. The highest BCUT2D eigenvalue weighted by Gasteiger charge is 2.40. The molecule has 7 nitrogen and oxygen atoms in total. The molecule has 2 bridgehead atoms. The molecule has 5 rings (SSSR count). The van der Waals surface area contributed by atoms with Gasteiger partial charge < -0.3 is 10.2 Å². The third-order valence-electron chi connectivity index (χ3n) is 6.57. The SMILES string of the molecule is O=C1CCC(N2Cc3cccc(CN4CC5CCCC(C4)N5)c3C2=O)C(=O)N1. The van der Waals surface area contributed by atoms with Crippen molar-refractivity contribution in [3.8, 4) is 0 Å². The molecule has 4 aliphatic rings. The standard InChI is InChI=1S/C21H26N4O3/c26-18-8-7-17(20(27)23-18)25-10-14-4-1-3-13(19(14)21(25)28)9-24-11-15-5-2-6-16(12-24)22-15/h1,3-4,15-17,22H,2,5-12H2,(H,23,26,27). The van der Waals surface area contributed by atoms with Crippen LogP contribution in [-0.2, 0) is 22.7 Å². The molecule has 148 valence electrons. The Labute approximate surface area is 164 Å². The van der Waals surface area contributed by atoms with Crippen LogP contribution in [0.2, 0.25) is 0 Å². The number of carbonyl (C=O) groups is 3. The van der Waals surface area contributed by atoms with Crippen molar-refractivity contribution >= 4 is 17.7 Å². The van der Waals surface area contributed by atoms with Crippen LogP contribution in [-0.4, -0.2) is 58.7 Å². The molecule has 0 aliphatic carbocycles. The van der Waals surface area contributed by atoms with Crippen LogP contribution < -0.4 is 10.6 Å². The number of carbonyl (C=O) groups excluding carboxylic acids is 3. The minimum Gasteiger partial charge on any atom is -0.322 e. The lowest BCUT2D eigenvalue weighted by atomic mass is 9.93. The van der Waals surface area contributed by atoms with E-state index in [9.17, 15) is 14.4 Å². The molecule has 3 atom stereocenters. The van der Waals surface area contributed by atoms with Gasteiger partial charge in [-0.1, -0.05) is 24.6 Å². The Morgan fingerprint density at radius 2 is 1.82 bits per heavy atom. The van der Waals surface area contributed by atoms with Gasteiger partial charge in [0.1, 0.15) is 6.04 Å². The van der Waals surface area contributed by atoms with Crippen LogP contribution in [0.5, 0.6) is 0 Å². The van der Waals surface area contributed by atoms with Gasteiger partial charge >= 0.3 is 0 Å². The molecule has 1 aromatic carbocycles. The van der Waals surface area contributed by atoms with E-state index >= 15 is 0 Å². The van der Waals surface area contributed by atoms with Crippen LogP contribution in [0, 0.1) is 0 Å². The number of imide groups is 1. The molecule has 3 amide bonds. The third-order valence-corrected chi connectivity index (χ3v) is 6.57. The van der Waals surface area contributed by atoms with Gasteiger partial charge in [0.25, 0.3) is 5.91 Å². The minimum absolute atomic E-state index is 0.0737. The fourth-order valence-electron chi connectivity index (χ4n) is 5.29. The Kier molecular flexibility index (Phi) is 4.44. The highest BCUT2D eigenvalue weighted by atomic mass is 16.2. The third kappa shape index (κ3) is 3.12. The molecule has 3 unspecified atom stereocenters. The lowest BCUT2D eigenvalue weighted by Crippen LogP contribution is -2.58. The second kappa shape index (κ2) is 6.97. The van der Waals surface area contributed by atoms with E-state index in [0.29, 0.717) is 25.0 Å². The van der Waals surface area contributed by atoms with Gasteiger partial charge in [0, 0.05) is 50.2 Å². The normalized spacial score (nSPS) is 30.4. The van der Waals surface area contributed by atoms with Gasteiger partial charge in [0.15, 0.2) is 0 Å². The van der Waals surface area contributed by atoms with E-state index in [1.165, 1.54) is 19.3 Å². The van der Waals surface area contributed by atoms with E-state index in [-0.39, 0.29) is 24.1 Å². The Morgan fingerprint density at radius 3 is 2.57 bits per heavy atom. The minimum atomic E-state index is -0.552. The van der Waals surface area contributed by atoms with Crippen LogP contribution in [0.25, 0.3) is 0 Å². The van der Waals surface area contributed by atoms with Gasteiger partial charge in [0.2, 0.25) is 11.8 Å². The second-order valence-corrected chi connectivity index (χ2v) is 8.54. The zero-order chi connectivity index (χ0) is 19.3. The number of amides is 3. The summed E-state index contributed by atoms with van der Waals surface area (Å²) < 4.78 is 0. The Balaban J connectivity index is 1.35. The smallest absolute Gasteiger partial charge is 0.255 e. The van der Waals surface area contributed by atoms with Crippen molar-refractivity contribution in [1.29, 1.82) is 0 Å². The summed E-state index contributed by atoms with van der Waals surface area (Å²) in [5, 5.41) is 6.07. The molecule has 0 aromatic heterocycles. The van der Waals surface area contributed by atoms with Crippen molar-refractivity contribution in [2.24, 2.45) is 0 Å². The largest absolute Gasteiger partial charge is 0.322 e. The second-order valence-electron chi connectivity index (χ2n) is 8.54. The Morgan fingerprint density at radius 1 is 1.04 bits per heavy atom. The highest BCUT2D eigenvalue weighted by molar-refractivity contribution is 6.05. The summed E-state index contributed by atoms with van der Waals surface area (Å²) in [6, 6.07) is 6.60. The summed E-state index contributed by atoms with van der Waals surface area (Å²) in [6.45, 7) is 3.25. The number of piperidine rings is 2. The van der Waals surface area contributed by atoms with Crippen molar-refractivity contribution in [2.75, 3.05) is 13.1 Å². The number of hydrogen-bond donors (Lipinski definition) is 2. The van der Waals surface area contributed by atoms with Gasteiger partial charge in [0.05, 0.1) is 0 Å². The molecule has 28 heavy (non-hydrogen) atoms. The zero-order valence-corrected chi connectivity index (χ0v) is 15.9. The fraction of sp³-hybridized carbons (Fsp3) is 0.571. The molecular formula is C21H26N4O3. The molecule has 4 heterocycles. The molecule has 1 aromatic rings. The number of benzene rings is 1. The van der Waals surface area contributed by atoms with E-state index in [2.05, 4.69) is 15.5 Å². The predicted molar refractivity (Wildman–Crippen MR) is 102 cm³/mol. The van der Waals surface area contributed by atoms with Crippen LogP contribution in [0.4, 0.5) is 0 Å². The first-order valence-corrected chi connectivity index (χ1v) is 10.3. The number of nitrogens with zero attached hydrogens (tertiary/aromatic N) is 2. The van der Waals surface area contributed by atoms with Crippen LogP contribution in [0.1, 0.15) is 53.6 Å². The monoisotopic (exact) mass is 382 g/mol. The number of hydrogen-bond acceptors (Lipinski definition) is 5. The highest BCUT2D eigenvalue weighted by Crippen LogP contribution is 2.31. The van der Waals surface area contributed by atoms with Gasteiger partial charge in [-0.15, -0.1) is 0 Å². The quantitative estimate of drug-likeness (QED) is 0.755. The first kappa shape index (κ1) is 17.8. The summed E-state index contributed by atoms with van der Waals surface area (Å²) in [5.74, 6) is -0.681. The summed E-state index contributed by atoms with van der Waals surface area (Å²) in [6.07, 6.45) is 4.44. The van der Waals surface area contributed by atoms with Crippen LogP contribution >= 0.6 is 0 Å². The molecule has 7 heteroatoms. The topological polar surface area (TPSA) is 81.8 Å². The van der Waals surface area contributed by atoms with Gasteiger partial charge in [-0.3, -0.25) is 24.6 Å². The van der Waals surface area contributed by atoms with Crippen molar-refractivity contribution in [3.05, 3.63) is 34.9 Å². The van der Waals surface area contributed by atoms with E-state index in [4.69, 9.17) is 0 Å². The van der Waals surface area contributed by atoms with Gasteiger partial charge in [-0.05, 0) is 30.4 Å². The molecule has 0 radical (unpaired) electrons. The number of piperazine rings is 1. The summed E-state index contributed by atoms with van der Waals surface area (Å²) >= 11 is 0. The Hall–Kier alpha value is -2.25. The van der Waals surface area contributed by atoms with Crippen molar-refractivity contribution in [3.63, 3.8) is 0 Å². The summed E-state index contributed by atoms with van der Waals surface area (Å²) in [4.78, 5) is 41.0. The molecule has 2 N–H and O–H groups in total. The van der Waals surface area contributed by atoms with Gasteiger partial charge in [-0.25, -0.2) is 0 Å². The van der Waals surface area contributed by atoms with E-state index in [1.54, 1.807) is 4.90 Å². The molecular weight excluding hydrogens is 356 g/mol. The summed E-state index contributed by atoms with van der Waals surface area (Å²) in [5.41, 5.74) is 2.80. The average Bonchev–Trinajstić information content (AvgIpc) is 2.99. The molecule has 3 fully saturated rings. The molecule has 4 aliphatic heterocycles. The number of nitrogens with one attached hydrogen (secondary N) is 2. The predicted octanol–water partition coefficient (Wildman–Crippen LogP) is 0.774. The number of rotatable bonds is 3. The van der Waals surface area contributed by atoms with E-state index in [1.807, 2.05) is 18.2 Å². The van der Waals surface area contributed by atoms with E-state index < -0.39 is 6.04 Å². The van der Waals surface area contributed by atoms with Crippen molar-refractivity contribution in [2.45, 2.75) is 63.3 Å². The summed E-state index contributed by atoms with van der Waals surface area (Å²) in [7, 11) is 0. The van der Waals surface area contributed by atoms with Gasteiger partial charge in [-0.2, -0.15) is 0 Å². The lowest BCUT2D eigenvalue weighted by Gasteiger charge is -2.42. The maximum atomic E-state index is 13.2. The molecule has 0 saturated carbocycles. The van der Waals surface area contributed by atoms with Crippen LogP contribution in [0.15, 0.2) is 18.2 Å². The van der Waals surface area contributed by atoms with Crippen molar-refractivity contribution < 1.29 is 14.4 Å². The van der Waals surface area contributed by atoms with Crippen LogP contribution in [0.3, 0.4) is 0 Å². The maximum absolute atomic E-state index is 13.2. The number of likely N-dealkylation sites (tertiary alicyclic amines) is 1. The average molecular weight is 382 g/mol. The fourth-order valence-corrected chi connectivity index (χ4v) is 5.29. The van der Waals surface area contributed by atoms with E-state index in [0.717, 1.165) is 36.3 Å². The Bertz CT molecular complexity index is 827.